The Morgan fingerprint density at radius 3 is 2.77 bits per heavy atom. The van der Waals surface area contributed by atoms with E-state index in [-0.39, 0.29) is 23.6 Å². The topological polar surface area (TPSA) is 23.6 Å². The molecule has 1 saturated carbocycles. The van der Waals surface area contributed by atoms with Crippen LogP contribution >= 0.6 is 0 Å². The predicted molar refractivity (Wildman–Crippen MR) is 83.0 cm³/mol. The van der Waals surface area contributed by atoms with Gasteiger partial charge < -0.3 is 4.90 Å². The minimum Gasteiger partial charge on any atom is -0.341 e. The summed E-state index contributed by atoms with van der Waals surface area (Å²) < 4.78 is 13.3. The van der Waals surface area contributed by atoms with Crippen LogP contribution < -0.4 is 0 Å². The zero-order valence-electron chi connectivity index (χ0n) is 12.9. The number of amides is 1. The summed E-state index contributed by atoms with van der Waals surface area (Å²) in [5.74, 6) is 0.398. The van der Waals surface area contributed by atoms with Gasteiger partial charge in [-0.05, 0) is 62.4 Å². The van der Waals surface area contributed by atoms with Gasteiger partial charge in [0, 0.05) is 25.0 Å². The molecule has 2 heterocycles. The maximum absolute atomic E-state index is 13.3. The van der Waals surface area contributed by atoms with E-state index in [4.69, 9.17) is 0 Å². The molecule has 3 fully saturated rings. The number of carbonyl (C=O) groups is 1. The number of rotatable bonds is 3. The zero-order valence-corrected chi connectivity index (χ0v) is 12.9. The van der Waals surface area contributed by atoms with Crippen molar-refractivity contribution in [2.24, 2.45) is 5.92 Å². The maximum atomic E-state index is 13.3. The molecule has 0 spiro atoms. The Labute approximate surface area is 131 Å². The van der Waals surface area contributed by atoms with Crippen LogP contribution in [-0.4, -0.2) is 47.9 Å². The van der Waals surface area contributed by atoms with Crippen LogP contribution in [0.15, 0.2) is 24.3 Å². The van der Waals surface area contributed by atoms with Gasteiger partial charge in [0.25, 0.3) is 0 Å². The second-order valence-corrected chi connectivity index (χ2v) is 6.97. The summed E-state index contributed by atoms with van der Waals surface area (Å²) >= 11 is 0. The first-order valence-corrected chi connectivity index (χ1v) is 8.50. The molecule has 3 unspecified atom stereocenters. The molecule has 2 aliphatic heterocycles. The van der Waals surface area contributed by atoms with Gasteiger partial charge in [0.2, 0.25) is 5.91 Å². The molecule has 3 nitrogen and oxygen atoms in total. The van der Waals surface area contributed by atoms with Crippen molar-refractivity contribution < 1.29 is 9.18 Å². The van der Waals surface area contributed by atoms with Gasteiger partial charge in [-0.3, -0.25) is 9.69 Å². The Morgan fingerprint density at radius 2 is 2.00 bits per heavy atom. The van der Waals surface area contributed by atoms with E-state index in [2.05, 4.69) is 4.90 Å². The van der Waals surface area contributed by atoms with E-state index in [9.17, 15) is 9.18 Å². The van der Waals surface area contributed by atoms with E-state index < -0.39 is 0 Å². The van der Waals surface area contributed by atoms with Crippen molar-refractivity contribution in [3.8, 4) is 0 Å². The standard InChI is InChI=1S/C18H23FN2O/c19-14-5-3-4-13(10-14)16-11-17(16)18(22)21-9-6-15(12-21)20-7-1-2-8-20/h3-5,10,15-17H,1-2,6-9,11-12H2. The first-order chi connectivity index (χ1) is 10.7. The van der Waals surface area contributed by atoms with Gasteiger partial charge in [0.05, 0.1) is 0 Å². The number of halogens is 1. The van der Waals surface area contributed by atoms with Crippen molar-refractivity contribution in [2.75, 3.05) is 26.2 Å². The lowest BCUT2D eigenvalue weighted by Crippen LogP contribution is -2.37. The minimum atomic E-state index is -0.203. The van der Waals surface area contributed by atoms with Crippen LogP contribution in [0.25, 0.3) is 0 Å². The van der Waals surface area contributed by atoms with Crippen LogP contribution in [0.4, 0.5) is 4.39 Å². The third-order valence-corrected chi connectivity index (χ3v) is 5.52. The Balaban J connectivity index is 1.35. The van der Waals surface area contributed by atoms with Gasteiger partial charge in [-0.1, -0.05) is 12.1 Å². The van der Waals surface area contributed by atoms with Gasteiger partial charge in [0.1, 0.15) is 5.82 Å². The lowest BCUT2D eigenvalue weighted by molar-refractivity contribution is -0.131. The van der Waals surface area contributed by atoms with E-state index in [0.717, 1.165) is 31.5 Å². The highest BCUT2D eigenvalue weighted by atomic mass is 19.1. The average molecular weight is 302 g/mol. The summed E-state index contributed by atoms with van der Waals surface area (Å²) in [5.41, 5.74) is 0.980. The number of carbonyl (C=O) groups excluding carboxylic acids is 1. The van der Waals surface area contributed by atoms with Gasteiger partial charge in [-0.2, -0.15) is 0 Å². The van der Waals surface area contributed by atoms with Crippen LogP contribution in [0.3, 0.4) is 0 Å². The third-order valence-electron chi connectivity index (χ3n) is 5.52. The molecule has 4 heteroatoms. The maximum Gasteiger partial charge on any atom is 0.226 e. The Bertz CT molecular complexity index is 570. The van der Waals surface area contributed by atoms with E-state index >= 15 is 0 Å². The highest BCUT2D eigenvalue weighted by molar-refractivity contribution is 5.83. The lowest BCUT2D eigenvalue weighted by atomic mass is 10.1. The molecule has 1 aromatic carbocycles. The van der Waals surface area contributed by atoms with Gasteiger partial charge in [-0.15, -0.1) is 0 Å². The smallest absolute Gasteiger partial charge is 0.226 e. The van der Waals surface area contributed by atoms with Crippen molar-refractivity contribution in [1.82, 2.24) is 9.80 Å². The first-order valence-electron chi connectivity index (χ1n) is 8.50. The molecule has 0 bridgehead atoms. The van der Waals surface area contributed by atoms with Crippen molar-refractivity contribution >= 4 is 5.91 Å². The molecule has 22 heavy (non-hydrogen) atoms. The van der Waals surface area contributed by atoms with Crippen LogP contribution in [0, 0.1) is 11.7 Å². The fourth-order valence-corrected chi connectivity index (χ4v) is 4.15. The van der Waals surface area contributed by atoms with Crippen LogP contribution in [0.5, 0.6) is 0 Å². The summed E-state index contributed by atoms with van der Waals surface area (Å²) in [6.07, 6.45) is 4.60. The molecule has 2 saturated heterocycles. The Kier molecular flexibility index (Phi) is 3.65. The number of nitrogens with zero attached hydrogens (tertiary/aromatic N) is 2. The molecule has 0 radical (unpaired) electrons. The van der Waals surface area contributed by atoms with Crippen LogP contribution in [0.1, 0.15) is 37.2 Å². The summed E-state index contributed by atoms with van der Waals surface area (Å²) in [5, 5.41) is 0. The summed E-state index contributed by atoms with van der Waals surface area (Å²) in [4.78, 5) is 17.2. The molecular formula is C18H23FN2O. The van der Waals surface area contributed by atoms with Crippen LogP contribution in [-0.2, 0) is 4.79 Å². The van der Waals surface area contributed by atoms with Crippen LogP contribution in [0.2, 0.25) is 0 Å². The number of benzene rings is 1. The van der Waals surface area contributed by atoms with E-state index in [1.165, 1.54) is 32.0 Å². The third kappa shape index (κ3) is 2.65. The molecular weight excluding hydrogens is 279 g/mol. The highest BCUT2D eigenvalue weighted by Crippen LogP contribution is 2.48. The molecule has 118 valence electrons. The fourth-order valence-electron chi connectivity index (χ4n) is 4.15. The Hall–Kier alpha value is -1.42. The minimum absolute atomic E-state index is 0.0825. The van der Waals surface area contributed by atoms with Crippen molar-refractivity contribution in [1.29, 1.82) is 0 Å². The van der Waals surface area contributed by atoms with E-state index in [0.29, 0.717) is 6.04 Å². The molecule has 3 aliphatic rings. The first kappa shape index (κ1) is 14.2. The molecule has 4 rings (SSSR count). The average Bonchev–Trinajstić information content (AvgIpc) is 2.92. The largest absolute Gasteiger partial charge is 0.341 e. The monoisotopic (exact) mass is 302 g/mol. The molecule has 1 aliphatic carbocycles. The predicted octanol–water partition coefficient (Wildman–Crippen LogP) is 2.63. The lowest BCUT2D eigenvalue weighted by Gasteiger charge is -2.23. The molecule has 1 amide bonds. The van der Waals surface area contributed by atoms with Crippen molar-refractivity contribution in [3.05, 3.63) is 35.6 Å². The molecule has 1 aromatic rings. The quantitative estimate of drug-likeness (QED) is 0.857. The SMILES string of the molecule is O=C(C1CC1c1cccc(F)c1)N1CCC(N2CCCC2)C1. The second-order valence-electron chi connectivity index (χ2n) is 6.97. The molecule has 3 atom stereocenters. The second kappa shape index (κ2) is 5.65. The number of hydrogen-bond acceptors (Lipinski definition) is 2. The zero-order chi connectivity index (χ0) is 15.1. The van der Waals surface area contributed by atoms with Crippen molar-refractivity contribution in [2.45, 2.75) is 37.6 Å². The normalized spacial score (nSPS) is 31.7. The summed E-state index contributed by atoms with van der Waals surface area (Å²) in [7, 11) is 0. The molecule has 0 aromatic heterocycles. The Morgan fingerprint density at radius 1 is 1.18 bits per heavy atom. The molecule has 0 N–H and O–H groups in total. The number of likely N-dealkylation sites (tertiary alicyclic amines) is 2. The van der Waals surface area contributed by atoms with E-state index in [1.54, 1.807) is 12.1 Å². The number of hydrogen-bond donors (Lipinski definition) is 0. The summed E-state index contributed by atoms with van der Waals surface area (Å²) in [6.45, 7) is 4.18. The highest BCUT2D eigenvalue weighted by Gasteiger charge is 2.47. The van der Waals surface area contributed by atoms with Gasteiger partial charge in [0.15, 0.2) is 0 Å². The van der Waals surface area contributed by atoms with E-state index in [1.807, 2.05) is 11.0 Å². The summed E-state index contributed by atoms with van der Waals surface area (Å²) in [6, 6.07) is 7.29. The fraction of sp³-hybridized carbons (Fsp3) is 0.611. The van der Waals surface area contributed by atoms with Crippen molar-refractivity contribution in [3.63, 3.8) is 0 Å². The van der Waals surface area contributed by atoms with Gasteiger partial charge in [-0.25, -0.2) is 4.39 Å². The van der Waals surface area contributed by atoms with Gasteiger partial charge >= 0.3 is 0 Å².